The molecule has 0 spiro atoms. The molecule has 2 atom stereocenters. The maximum absolute atomic E-state index is 12.7. The Morgan fingerprint density at radius 3 is 2.22 bits per heavy atom. The Labute approximate surface area is 155 Å². The summed E-state index contributed by atoms with van der Waals surface area (Å²) in [5.41, 5.74) is 1.50. The fourth-order valence-corrected chi connectivity index (χ4v) is 3.11. The summed E-state index contributed by atoms with van der Waals surface area (Å²) in [5.74, 6) is 0.604. The maximum atomic E-state index is 12.7. The highest BCUT2D eigenvalue weighted by atomic mass is 19.4. The van der Waals surface area contributed by atoms with Crippen LogP contribution in [0.3, 0.4) is 0 Å². The van der Waals surface area contributed by atoms with Gasteiger partial charge in [-0.2, -0.15) is 13.2 Å². The second-order valence-electron chi connectivity index (χ2n) is 6.58. The van der Waals surface area contributed by atoms with E-state index in [0.717, 1.165) is 23.3 Å². The van der Waals surface area contributed by atoms with Crippen molar-refractivity contribution in [2.75, 3.05) is 19.5 Å². The lowest BCUT2D eigenvalue weighted by Crippen LogP contribution is -2.15. The van der Waals surface area contributed by atoms with Crippen LogP contribution in [0.2, 0.25) is 0 Å². The highest BCUT2D eigenvalue weighted by Crippen LogP contribution is 2.48. The van der Waals surface area contributed by atoms with Gasteiger partial charge in [-0.15, -0.1) is 0 Å². The Hall–Kier alpha value is -2.70. The van der Waals surface area contributed by atoms with E-state index in [4.69, 9.17) is 9.47 Å². The van der Waals surface area contributed by atoms with Crippen molar-refractivity contribution in [2.45, 2.75) is 25.4 Å². The van der Waals surface area contributed by atoms with E-state index in [1.807, 2.05) is 6.92 Å². The van der Waals surface area contributed by atoms with Crippen LogP contribution < -0.4 is 14.8 Å². The van der Waals surface area contributed by atoms with Gasteiger partial charge in [0.1, 0.15) is 0 Å². The standard InChI is InChI=1S/C20H20F3NO3/c1-11-8-17(26-2)18(27-3)10-16(11)24-19(25)15-9-14(15)12-4-6-13(7-5-12)20(21,22)23/h4-8,10,14-15H,9H2,1-3H3,(H,24,25). The predicted octanol–water partition coefficient (Wildman–Crippen LogP) is 4.77. The van der Waals surface area contributed by atoms with Gasteiger partial charge in [0, 0.05) is 17.7 Å². The number of aryl methyl sites for hydroxylation is 1. The molecule has 0 bridgehead atoms. The van der Waals surface area contributed by atoms with E-state index in [1.54, 1.807) is 12.1 Å². The topological polar surface area (TPSA) is 47.6 Å². The Balaban J connectivity index is 1.69. The molecule has 1 aliphatic rings. The van der Waals surface area contributed by atoms with Crippen molar-refractivity contribution in [1.29, 1.82) is 0 Å². The van der Waals surface area contributed by atoms with Crippen LogP contribution in [0.5, 0.6) is 11.5 Å². The van der Waals surface area contributed by atoms with Gasteiger partial charge in [-0.1, -0.05) is 12.1 Å². The number of halogens is 3. The number of ether oxygens (including phenoxy) is 2. The fraction of sp³-hybridized carbons (Fsp3) is 0.350. The summed E-state index contributed by atoms with van der Waals surface area (Å²) >= 11 is 0. The molecule has 1 saturated carbocycles. The number of hydrogen-bond acceptors (Lipinski definition) is 3. The Morgan fingerprint density at radius 2 is 1.67 bits per heavy atom. The molecule has 27 heavy (non-hydrogen) atoms. The van der Waals surface area contributed by atoms with Crippen molar-refractivity contribution in [3.63, 3.8) is 0 Å². The monoisotopic (exact) mass is 379 g/mol. The van der Waals surface area contributed by atoms with E-state index in [2.05, 4.69) is 5.32 Å². The van der Waals surface area contributed by atoms with E-state index in [1.165, 1.54) is 26.4 Å². The Morgan fingerprint density at radius 1 is 1.07 bits per heavy atom. The summed E-state index contributed by atoms with van der Waals surface area (Å²) < 4.78 is 48.4. The molecule has 2 aromatic carbocycles. The first-order valence-corrected chi connectivity index (χ1v) is 8.45. The number of benzene rings is 2. The zero-order chi connectivity index (χ0) is 19.8. The minimum atomic E-state index is -4.36. The van der Waals surface area contributed by atoms with Crippen molar-refractivity contribution < 1.29 is 27.4 Å². The van der Waals surface area contributed by atoms with Crippen LogP contribution in [0, 0.1) is 12.8 Å². The normalized spacial score (nSPS) is 18.7. The number of anilines is 1. The molecule has 0 aromatic heterocycles. The van der Waals surface area contributed by atoms with E-state index in [-0.39, 0.29) is 17.7 Å². The molecule has 3 rings (SSSR count). The van der Waals surface area contributed by atoms with Gasteiger partial charge in [0.25, 0.3) is 0 Å². The lowest BCUT2D eigenvalue weighted by molar-refractivity contribution is -0.137. The molecule has 1 aliphatic carbocycles. The summed E-state index contributed by atoms with van der Waals surface area (Å²) in [6.07, 6.45) is -3.74. The van der Waals surface area contributed by atoms with Crippen molar-refractivity contribution in [1.82, 2.24) is 0 Å². The van der Waals surface area contributed by atoms with Gasteiger partial charge in [-0.3, -0.25) is 4.79 Å². The molecular formula is C20H20F3NO3. The zero-order valence-corrected chi connectivity index (χ0v) is 15.2. The van der Waals surface area contributed by atoms with Gasteiger partial charge in [0.15, 0.2) is 11.5 Å². The fourth-order valence-electron chi connectivity index (χ4n) is 3.11. The van der Waals surface area contributed by atoms with Gasteiger partial charge < -0.3 is 14.8 Å². The third-order valence-corrected chi connectivity index (χ3v) is 4.78. The van der Waals surface area contributed by atoms with E-state index >= 15 is 0 Å². The molecule has 0 heterocycles. The molecule has 1 N–H and O–H groups in total. The lowest BCUT2D eigenvalue weighted by Gasteiger charge is -2.13. The average Bonchev–Trinajstić information content (AvgIpc) is 3.43. The molecule has 2 aromatic rings. The SMILES string of the molecule is COc1cc(C)c(NC(=O)C2CC2c2ccc(C(F)(F)F)cc2)cc1OC. The number of carbonyl (C=O) groups excluding carboxylic acids is 1. The summed E-state index contributed by atoms with van der Waals surface area (Å²) in [6.45, 7) is 1.85. The van der Waals surface area contributed by atoms with Gasteiger partial charge >= 0.3 is 6.18 Å². The molecular weight excluding hydrogens is 359 g/mol. The average molecular weight is 379 g/mol. The number of amides is 1. The van der Waals surface area contributed by atoms with Crippen molar-refractivity contribution in [2.24, 2.45) is 5.92 Å². The number of hydrogen-bond donors (Lipinski definition) is 1. The molecule has 2 unspecified atom stereocenters. The number of carbonyl (C=O) groups is 1. The Kier molecular flexibility index (Phi) is 5.04. The molecule has 0 radical (unpaired) electrons. The van der Waals surface area contributed by atoms with Crippen molar-refractivity contribution >= 4 is 11.6 Å². The first-order valence-electron chi connectivity index (χ1n) is 8.45. The van der Waals surface area contributed by atoms with Gasteiger partial charge in [-0.05, 0) is 48.6 Å². The molecule has 0 aliphatic heterocycles. The number of nitrogens with one attached hydrogen (secondary N) is 1. The quantitative estimate of drug-likeness (QED) is 0.814. The van der Waals surface area contributed by atoms with Crippen molar-refractivity contribution in [3.8, 4) is 11.5 Å². The van der Waals surface area contributed by atoms with Crippen LogP contribution in [0.1, 0.15) is 29.0 Å². The zero-order valence-electron chi connectivity index (χ0n) is 15.2. The number of methoxy groups -OCH3 is 2. The Bertz CT molecular complexity index is 847. The minimum absolute atomic E-state index is 0.0623. The second kappa shape index (κ2) is 7.13. The first kappa shape index (κ1) is 19.1. The van der Waals surface area contributed by atoms with E-state index < -0.39 is 11.7 Å². The summed E-state index contributed by atoms with van der Waals surface area (Å²) in [6, 6.07) is 8.48. The van der Waals surface area contributed by atoms with Gasteiger partial charge in [-0.25, -0.2) is 0 Å². The molecule has 4 nitrogen and oxygen atoms in total. The number of rotatable bonds is 5. The molecule has 1 fully saturated rings. The van der Waals surface area contributed by atoms with Gasteiger partial charge in [0.05, 0.1) is 19.8 Å². The van der Waals surface area contributed by atoms with Crippen LogP contribution in [-0.2, 0) is 11.0 Å². The highest BCUT2D eigenvalue weighted by molar-refractivity contribution is 5.96. The number of alkyl halides is 3. The van der Waals surface area contributed by atoms with Crippen LogP contribution >= 0.6 is 0 Å². The van der Waals surface area contributed by atoms with E-state index in [0.29, 0.717) is 23.6 Å². The van der Waals surface area contributed by atoms with Crippen LogP contribution in [-0.4, -0.2) is 20.1 Å². The van der Waals surface area contributed by atoms with Crippen LogP contribution in [0.15, 0.2) is 36.4 Å². The lowest BCUT2D eigenvalue weighted by atomic mass is 10.1. The smallest absolute Gasteiger partial charge is 0.416 e. The summed E-state index contributed by atoms with van der Waals surface area (Å²) in [7, 11) is 3.05. The largest absolute Gasteiger partial charge is 0.493 e. The minimum Gasteiger partial charge on any atom is -0.493 e. The van der Waals surface area contributed by atoms with Gasteiger partial charge in [0.2, 0.25) is 5.91 Å². The summed E-state index contributed by atoms with van der Waals surface area (Å²) in [4.78, 5) is 12.5. The second-order valence-corrected chi connectivity index (χ2v) is 6.58. The first-order chi connectivity index (χ1) is 12.7. The van der Waals surface area contributed by atoms with Crippen LogP contribution in [0.25, 0.3) is 0 Å². The maximum Gasteiger partial charge on any atom is 0.416 e. The van der Waals surface area contributed by atoms with Crippen LogP contribution in [0.4, 0.5) is 18.9 Å². The molecule has 7 heteroatoms. The molecule has 1 amide bonds. The summed E-state index contributed by atoms with van der Waals surface area (Å²) in [5, 5.41) is 2.88. The third kappa shape index (κ3) is 4.02. The highest BCUT2D eigenvalue weighted by Gasteiger charge is 2.44. The molecule has 0 saturated heterocycles. The molecule has 144 valence electrons. The predicted molar refractivity (Wildman–Crippen MR) is 95.2 cm³/mol. The van der Waals surface area contributed by atoms with E-state index in [9.17, 15) is 18.0 Å². The van der Waals surface area contributed by atoms with Crippen molar-refractivity contribution in [3.05, 3.63) is 53.1 Å². The third-order valence-electron chi connectivity index (χ3n) is 4.78.